The molecule has 228 valence electrons. The molecule has 10 aromatic rings. The van der Waals surface area contributed by atoms with Crippen molar-refractivity contribution in [3.8, 4) is 45.3 Å². The molecular formula is C45H27N3O. The molecule has 0 fully saturated rings. The molecular weight excluding hydrogens is 599 g/mol. The van der Waals surface area contributed by atoms with Gasteiger partial charge in [-0.25, -0.2) is 15.0 Å². The predicted molar refractivity (Wildman–Crippen MR) is 201 cm³/mol. The molecule has 0 aliphatic carbocycles. The monoisotopic (exact) mass is 625 g/mol. The third kappa shape index (κ3) is 4.57. The number of benzene rings is 8. The van der Waals surface area contributed by atoms with E-state index in [4.69, 9.17) is 19.4 Å². The van der Waals surface area contributed by atoms with Gasteiger partial charge in [0.2, 0.25) is 0 Å². The Morgan fingerprint density at radius 1 is 0.306 bits per heavy atom. The van der Waals surface area contributed by atoms with Crippen molar-refractivity contribution in [3.05, 3.63) is 164 Å². The van der Waals surface area contributed by atoms with Crippen molar-refractivity contribution < 1.29 is 4.42 Å². The number of hydrogen-bond donors (Lipinski definition) is 0. The van der Waals surface area contributed by atoms with E-state index in [1.807, 2.05) is 72.8 Å². The summed E-state index contributed by atoms with van der Waals surface area (Å²) in [6.45, 7) is 0. The molecule has 0 radical (unpaired) electrons. The zero-order chi connectivity index (χ0) is 32.3. The van der Waals surface area contributed by atoms with E-state index in [1.165, 1.54) is 16.2 Å². The third-order valence-corrected chi connectivity index (χ3v) is 9.51. The van der Waals surface area contributed by atoms with Gasteiger partial charge in [-0.2, -0.15) is 0 Å². The highest BCUT2D eigenvalue weighted by atomic mass is 16.3. The lowest BCUT2D eigenvalue weighted by Crippen LogP contribution is -2.00. The Balaban J connectivity index is 1.16. The van der Waals surface area contributed by atoms with Gasteiger partial charge in [-0.15, -0.1) is 0 Å². The van der Waals surface area contributed by atoms with Crippen molar-refractivity contribution in [2.75, 3.05) is 0 Å². The first kappa shape index (κ1) is 27.5. The first-order chi connectivity index (χ1) is 24.3. The molecule has 49 heavy (non-hydrogen) atoms. The molecule has 2 aromatic heterocycles. The van der Waals surface area contributed by atoms with Gasteiger partial charge >= 0.3 is 0 Å². The highest BCUT2D eigenvalue weighted by molar-refractivity contribution is 6.17. The minimum absolute atomic E-state index is 0.649. The normalized spacial score (nSPS) is 11.7. The van der Waals surface area contributed by atoms with E-state index >= 15 is 0 Å². The second kappa shape index (κ2) is 11.0. The summed E-state index contributed by atoms with van der Waals surface area (Å²) in [6, 6.07) is 57.0. The molecule has 0 bridgehead atoms. The summed E-state index contributed by atoms with van der Waals surface area (Å²) in [4.78, 5) is 15.0. The molecule has 4 heteroatoms. The standard InChI is InChI=1S/C45H27N3O/c1-3-11-29(12-4-1)43-46-44(30-13-5-2-6-14-30)48-45(47-43)37-24-23-33(34-15-7-8-16-35(34)37)31-21-19-28-20-22-32-26-42-40(27-39(32)38(28)25-31)36-17-9-10-18-41(36)49-42/h1-27H. The molecule has 0 amide bonds. The quantitative estimate of drug-likeness (QED) is 0.183. The van der Waals surface area contributed by atoms with Crippen LogP contribution in [0.3, 0.4) is 0 Å². The van der Waals surface area contributed by atoms with Crippen LogP contribution in [-0.2, 0) is 0 Å². The van der Waals surface area contributed by atoms with Crippen LogP contribution in [0.4, 0.5) is 0 Å². The van der Waals surface area contributed by atoms with Crippen LogP contribution >= 0.6 is 0 Å². The number of rotatable bonds is 4. The largest absolute Gasteiger partial charge is 0.456 e. The first-order valence-corrected chi connectivity index (χ1v) is 16.4. The van der Waals surface area contributed by atoms with Gasteiger partial charge in [0.1, 0.15) is 11.2 Å². The van der Waals surface area contributed by atoms with E-state index in [-0.39, 0.29) is 0 Å². The summed E-state index contributed by atoms with van der Waals surface area (Å²) in [5.74, 6) is 1.95. The smallest absolute Gasteiger partial charge is 0.164 e. The zero-order valence-electron chi connectivity index (χ0n) is 26.3. The average molecular weight is 626 g/mol. The molecule has 10 rings (SSSR count). The molecule has 0 atom stereocenters. The van der Waals surface area contributed by atoms with Gasteiger partial charge in [0.25, 0.3) is 0 Å². The van der Waals surface area contributed by atoms with Gasteiger partial charge in [-0.1, -0.05) is 133 Å². The molecule has 0 saturated carbocycles. The van der Waals surface area contributed by atoms with Gasteiger partial charge in [0.05, 0.1) is 0 Å². The van der Waals surface area contributed by atoms with Crippen molar-refractivity contribution >= 4 is 54.3 Å². The highest BCUT2D eigenvalue weighted by Crippen LogP contribution is 2.39. The first-order valence-electron chi connectivity index (χ1n) is 16.4. The molecule has 0 unspecified atom stereocenters. The van der Waals surface area contributed by atoms with E-state index < -0.39 is 0 Å². The Labute approximate surface area is 282 Å². The minimum atomic E-state index is 0.649. The molecule has 0 aliphatic heterocycles. The highest BCUT2D eigenvalue weighted by Gasteiger charge is 2.17. The number of para-hydroxylation sites is 1. The third-order valence-electron chi connectivity index (χ3n) is 9.51. The summed E-state index contributed by atoms with van der Waals surface area (Å²) in [7, 11) is 0. The molecule has 0 N–H and O–H groups in total. The van der Waals surface area contributed by atoms with Gasteiger partial charge in [-0.05, 0) is 73.8 Å². The van der Waals surface area contributed by atoms with Crippen molar-refractivity contribution in [3.63, 3.8) is 0 Å². The topological polar surface area (TPSA) is 51.8 Å². The fourth-order valence-electron chi connectivity index (χ4n) is 7.12. The predicted octanol–water partition coefficient (Wildman–Crippen LogP) is 11.9. The van der Waals surface area contributed by atoms with Crippen molar-refractivity contribution in [2.24, 2.45) is 0 Å². The lowest BCUT2D eigenvalue weighted by molar-refractivity contribution is 0.669. The Bertz CT molecular complexity index is 2820. The number of furan rings is 1. The van der Waals surface area contributed by atoms with Crippen LogP contribution in [0.15, 0.2) is 168 Å². The second-order valence-corrected chi connectivity index (χ2v) is 12.4. The van der Waals surface area contributed by atoms with Crippen molar-refractivity contribution in [1.29, 1.82) is 0 Å². The van der Waals surface area contributed by atoms with Crippen LogP contribution in [0.5, 0.6) is 0 Å². The van der Waals surface area contributed by atoms with Crippen molar-refractivity contribution in [1.82, 2.24) is 15.0 Å². The maximum absolute atomic E-state index is 6.21. The molecule has 4 nitrogen and oxygen atoms in total. The minimum Gasteiger partial charge on any atom is -0.456 e. The van der Waals surface area contributed by atoms with Gasteiger partial charge in [-0.3, -0.25) is 0 Å². The van der Waals surface area contributed by atoms with Crippen LogP contribution in [-0.4, -0.2) is 15.0 Å². The number of hydrogen-bond acceptors (Lipinski definition) is 4. The summed E-state index contributed by atoms with van der Waals surface area (Å²) in [5.41, 5.74) is 7.02. The van der Waals surface area contributed by atoms with E-state index in [2.05, 4.69) is 91.0 Å². The van der Waals surface area contributed by atoms with E-state index in [1.54, 1.807) is 0 Å². The lowest BCUT2D eigenvalue weighted by Gasteiger charge is -2.14. The lowest BCUT2D eigenvalue weighted by atomic mass is 9.92. The maximum atomic E-state index is 6.21. The fourth-order valence-corrected chi connectivity index (χ4v) is 7.12. The van der Waals surface area contributed by atoms with Crippen LogP contribution in [0.1, 0.15) is 0 Å². The molecule has 2 heterocycles. The number of fused-ring (bicyclic) bond motifs is 7. The SMILES string of the molecule is c1ccc(-c2nc(-c3ccccc3)nc(-c3ccc(-c4ccc5ccc6cc7oc8ccccc8c7cc6c5c4)c4ccccc34)n2)cc1. The maximum Gasteiger partial charge on any atom is 0.164 e. The van der Waals surface area contributed by atoms with Gasteiger partial charge in [0, 0.05) is 27.5 Å². The second-order valence-electron chi connectivity index (χ2n) is 12.4. The summed E-state index contributed by atoms with van der Waals surface area (Å²) in [5, 5.41) is 9.31. The summed E-state index contributed by atoms with van der Waals surface area (Å²) >= 11 is 0. The molecule has 0 aliphatic rings. The Kier molecular flexibility index (Phi) is 6.15. The van der Waals surface area contributed by atoms with Crippen molar-refractivity contribution in [2.45, 2.75) is 0 Å². The Hall–Kier alpha value is -6.65. The van der Waals surface area contributed by atoms with Crippen LogP contribution in [0.25, 0.3) is 99.5 Å². The fraction of sp³-hybridized carbons (Fsp3) is 0. The van der Waals surface area contributed by atoms with E-state index in [0.717, 1.165) is 65.9 Å². The molecule has 0 spiro atoms. The molecule has 8 aromatic carbocycles. The Morgan fingerprint density at radius 2 is 0.857 bits per heavy atom. The Morgan fingerprint density at radius 3 is 1.59 bits per heavy atom. The van der Waals surface area contributed by atoms with Crippen LogP contribution in [0, 0.1) is 0 Å². The van der Waals surface area contributed by atoms with Crippen LogP contribution < -0.4 is 0 Å². The van der Waals surface area contributed by atoms with Gasteiger partial charge in [0.15, 0.2) is 17.5 Å². The van der Waals surface area contributed by atoms with E-state index in [9.17, 15) is 0 Å². The number of nitrogens with zero attached hydrogens (tertiary/aromatic N) is 3. The number of aromatic nitrogens is 3. The van der Waals surface area contributed by atoms with Crippen LogP contribution in [0.2, 0.25) is 0 Å². The van der Waals surface area contributed by atoms with Gasteiger partial charge < -0.3 is 4.42 Å². The zero-order valence-corrected chi connectivity index (χ0v) is 26.3. The average Bonchev–Trinajstić information content (AvgIpc) is 3.54. The van der Waals surface area contributed by atoms with E-state index in [0.29, 0.717) is 17.5 Å². The molecule has 0 saturated heterocycles. The summed E-state index contributed by atoms with van der Waals surface area (Å²) in [6.07, 6.45) is 0. The summed E-state index contributed by atoms with van der Waals surface area (Å²) < 4.78 is 6.21.